The van der Waals surface area contributed by atoms with Crippen molar-refractivity contribution >= 4 is 11.8 Å². The molecule has 29 heavy (non-hydrogen) atoms. The van der Waals surface area contributed by atoms with Crippen LogP contribution in [0.5, 0.6) is 5.75 Å². The molecule has 152 valence electrons. The van der Waals surface area contributed by atoms with Crippen LogP contribution in [0.25, 0.3) is 0 Å². The maximum Gasteiger partial charge on any atom is 0.251 e. The molecular weight excluding hydrogens is 368 g/mol. The Morgan fingerprint density at radius 1 is 1.03 bits per heavy atom. The first-order valence-corrected chi connectivity index (χ1v) is 10.1. The largest absolute Gasteiger partial charge is 0.491 e. The van der Waals surface area contributed by atoms with Gasteiger partial charge in [-0.05, 0) is 36.6 Å². The summed E-state index contributed by atoms with van der Waals surface area (Å²) in [5, 5.41) is 2.95. The molecular formula is C23H26N2O4. The van der Waals surface area contributed by atoms with Crippen molar-refractivity contribution in [3.63, 3.8) is 0 Å². The smallest absolute Gasteiger partial charge is 0.251 e. The third kappa shape index (κ3) is 4.77. The Kier molecular flexibility index (Phi) is 6.10. The zero-order chi connectivity index (χ0) is 20.1. The second-order valence-electron chi connectivity index (χ2n) is 7.49. The lowest BCUT2D eigenvalue weighted by Gasteiger charge is -2.28. The molecule has 6 heteroatoms. The Balaban J connectivity index is 1.44. The van der Waals surface area contributed by atoms with Crippen molar-refractivity contribution in [3.05, 3.63) is 65.2 Å². The van der Waals surface area contributed by atoms with E-state index >= 15 is 0 Å². The minimum Gasteiger partial charge on any atom is -0.491 e. The summed E-state index contributed by atoms with van der Waals surface area (Å²) < 4.78 is 11.2. The first-order valence-electron chi connectivity index (χ1n) is 10.1. The van der Waals surface area contributed by atoms with Gasteiger partial charge in [-0.2, -0.15) is 0 Å². The SMILES string of the molecule is O=C(NCc1ccccc1)c1ccc2c(c1)CN(C(=O)C1CCOCC1)CCO2. The molecule has 2 heterocycles. The fourth-order valence-corrected chi connectivity index (χ4v) is 3.81. The van der Waals surface area contributed by atoms with Gasteiger partial charge in [-0.1, -0.05) is 30.3 Å². The van der Waals surface area contributed by atoms with Gasteiger partial charge < -0.3 is 19.7 Å². The molecule has 1 fully saturated rings. The van der Waals surface area contributed by atoms with Crippen molar-refractivity contribution < 1.29 is 19.1 Å². The average Bonchev–Trinajstić information content (AvgIpc) is 3.00. The number of carbonyl (C=O) groups excluding carboxylic acids is 2. The minimum absolute atomic E-state index is 0.0163. The highest BCUT2D eigenvalue weighted by Gasteiger charge is 2.28. The van der Waals surface area contributed by atoms with Gasteiger partial charge in [0.1, 0.15) is 12.4 Å². The van der Waals surface area contributed by atoms with Crippen molar-refractivity contribution in [1.82, 2.24) is 10.2 Å². The van der Waals surface area contributed by atoms with Crippen LogP contribution < -0.4 is 10.1 Å². The lowest BCUT2D eigenvalue weighted by molar-refractivity contribution is -0.139. The summed E-state index contributed by atoms with van der Waals surface area (Å²) >= 11 is 0. The first kappa shape index (κ1) is 19.5. The predicted molar refractivity (Wildman–Crippen MR) is 109 cm³/mol. The lowest BCUT2D eigenvalue weighted by atomic mass is 9.98. The van der Waals surface area contributed by atoms with E-state index in [1.165, 1.54) is 0 Å². The molecule has 0 aliphatic carbocycles. The normalized spacial score (nSPS) is 17.0. The summed E-state index contributed by atoms with van der Waals surface area (Å²) in [4.78, 5) is 27.4. The number of rotatable bonds is 4. The Labute approximate surface area is 170 Å². The molecule has 0 unspecified atom stereocenters. The number of hydrogen-bond donors (Lipinski definition) is 1. The van der Waals surface area contributed by atoms with Crippen LogP contribution in [-0.4, -0.2) is 43.1 Å². The number of nitrogens with one attached hydrogen (secondary N) is 1. The van der Waals surface area contributed by atoms with Gasteiger partial charge in [-0.3, -0.25) is 9.59 Å². The van der Waals surface area contributed by atoms with Gasteiger partial charge in [-0.15, -0.1) is 0 Å². The highest BCUT2D eigenvalue weighted by atomic mass is 16.5. The number of carbonyl (C=O) groups is 2. The van der Waals surface area contributed by atoms with Gasteiger partial charge in [-0.25, -0.2) is 0 Å². The molecule has 2 aliphatic rings. The van der Waals surface area contributed by atoms with Crippen LogP contribution in [0.1, 0.15) is 34.3 Å². The van der Waals surface area contributed by atoms with Gasteiger partial charge in [0.05, 0.1) is 6.54 Å². The van der Waals surface area contributed by atoms with Crippen LogP contribution in [0.2, 0.25) is 0 Å². The molecule has 0 aromatic heterocycles. The van der Waals surface area contributed by atoms with E-state index in [1.807, 2.05) is 47.4 Å². The van der Waals surface area contributed by atoms with Crippen LogP contribution in [-0.2, 0) is 22.6 Å². The van der Waals surface area contributed by atoms with E-state index in [4.69, 9.17) is 9.47 Å². The van der Waals surface area contributed by atoms with E-state index in [9.17, 15) is 9.59 Å². The monoisotopic (exact) mass is 394 g/mol. The van der Waals surface area contributed by atoms with E-state index < -0.39 is 0 Å². The molecule has 0 bridgehead atoms. The molecule has 2 amide bonds. The summed E-state index contributed by atoms with van der Waals surface area (Å²) in [6.07, 6.45) is 1.54. The maximum absolute atomic E-state index is 12.9. The number of amides is 2. The number of benzene rings is 2. The Morgan fingerprint density at radius 3 is 2.62 bits per heavy atom. The van der Waals surface area contributed by atoms with Crippen LogP contribution in [0.15, 0.2) is 48.5 Å². The van der Waals surface area contributed by atoms with Gasteiger partial charge in [0.15, 0.2) is 0 Å². The Hall–Kier alpha value is -2.86. The summed E-state index contributed by atoms with van der Waals surface area (Å²) in [5.74, 6) is 0.779. The molecule has 1 saturated heterocycles. The van der Waals surface area contributed by atoms with Crippen molar-refractivity contribution in [2.24, 2.45) is 5.92 Å². The Morgan fingerprint density at radius 2 is 1.83 bits per heavy atom. The minimum atomic E-state index is -0.136. The van der Waals surface area contributed by atoms with Gasteiger partial charge in [0, 0.05) is 43.3 Å². The number of ether oxygens (including phenoxy) is 2. The molecule has 2 aromatic carbocycles. The molecule has 6 nitrogen and oxygen atoms in total. The van der Waals surface area contributed by atoms with E-state index in [0.717, 1.165) is 29.7 Å². The van der Waals surface area contributed by atoms with Crippen LogP contribution in [0.3, 0.4) is 0 Å². The molecule has 4 rings (SSSR count). The topological polar surface area (TPSA) is 67.9 Å². The molecule has 0 saturated carbocycles. The third-order valence-electron chi connectivity index (χ3n) is 5.48. The van der Waals surface area contributed by atoms with Crippen LogP contribution in [0.4, 0.5) is 0 Å². The third-order valence-corrected chi connectivity index (χ3v) is 5.48. The van der Waals surface area contributed by atoms with E-state index in [2.05, 4.69) is 5.32 Å². The first-order chi connectivity index (χ1) is 14.2. The predicted octanol–water partition coefficient (Wildman–Crippen LogP) is 2.76. The van der Waals surface area contributed by atoms with Crippen molar-refractivity contribution in [2.75, 3.05) is 26.4 Å². The second kappa shape index (κ2) is 9.09. The zero-order valence-corrected chi connectivity index (χ0v) is 16.4. The summed E-state index contributed by atoms with van der Waals surface area (Å²) in [5.41, 5.74) is 2.49. The number of hydrogen-bond acceptors (Lipinski definition) is 4. The molecule has 0 radical (unpaired) electrons. The van der Waals surface area contributed by atoms with Gasteiger partial charge >= 0.3 is 0 Å². The molecule has 1 N–H and O–H groups in total. The fraction of sp³-hybridized carbons (Fsp3) is 0.391. The molecule has 0 spiro atoms. The fourth-order valence-electron chi connectivity index (χ4n) is 3.81. The highest BCUT2D eigenvalue weighted by Crippen LogP contribution is 2.27. The van der Waals surface area contributed by atoms with Crippen LogP contribution in [0, 0.1) is 5.92 Å². The summed E-state index contributed by atoms with van der Waals surface area (Å²) in [7, 11) is 0. The van der Waals surface area contributed by atoms with Crippen molar-refractivity contribution in [1.29, 1.82) is 0 Å². The van der Waals surface area contributed by atoms with Gasteiger partial charge in [0.25, 0.3) is 5.91 Å². The molecule has 0 atom stereocenters. The molecule has 2 aromatic rings. The van der Waals surface area contributed by atoms with Crippen molar-refractivity contribution in [2.45, 2.75) is 25.9 Å². The van der Waals surface area contributed by atoms with Crippen LogP contribution >= 0.6 is 0 Å². The Bertz CT molecular complexity index is 862. The lowest BCUT2D eigenvalue weighted by Crippen LogP contribution is -2.39. The zero-order valence-electron chi connectivity index (χ0n) is 16.4. The molecule has 2 aliphatic heterocycles. The summed E-state index contributed by atoms with van der Waals surface area (Å²) in [6.45, 7) is 3.24. The highest BCUT2D eigenvalue weighted by molar-refractivity contribution is 5.94. The average molecular weight is 394 g/mol. The number of fused-ring (bicyclic) bond motifs is 1. The van der Waals surface area contributed by atoms with E-state index in [0.29, 0.717) is 45.0 Å². The van der Waals surface area contributed by atoms with E-state index in [-0.39, 0.29) is 17.7 Å². The van der Waals surface area contributed by atoms with Gasteiger partial charge in [0.2, 0.25) is 5.91 Å². The second-order valence-corrected chi connectivity index (χ2v) is 7.49. The summed E-state index contributed by atoms with van der Waals surface area (Å²) in [6, 6.07) is 15.2. The van der Waals surface area contributed by atoms with Crippen molar-refractivity contribution in [3.8, 4) is 5.75 Å². The standard InChI is InChI=1S/C23H26N2O4/c26-22(24-15-17-4-2-1-3-5-17)19-6-7-21-20(14-19)16-25(10-13-29-21)23(27)18-8-11-28-12-9-18/h1-7,14,18H,8-13,15-16H2,(H,24,26). The number of nitrogens with zero attached hydrogens (tertiary/aromatic N) is 1. The van der Waals surface area contributed by atoms with E-state index in [1.54, 1.807) is 6.07 Å². The quantitative estimate of drug-likeness (QED) is 0.866. The maximum atomic E-state index is 12.9.